The quantitative estimate of drug-likeness (QED) is 0.617. The minimum Gasteiger partial charge on any atom is -0.346 e. The predicted octanol–water partition coefficient (Wildman–Crippen LogP) is 2.46. The number of aromatic nitrogens is 5. The smallest absolute Gasteiger partial charge is 0.242 e. The molecule has 1 atom stereocenters. The highest BCUT2D eigenvalue weighted by atomic mass is 32.2. The van der Waals surface area contributed by atoms with Gasteiger partial charge in [0.05, 0.1) is 23.2 Å². The Kier molecular flexibility index (Phi) is 3.82. The summed E-state index contributed by atoms with van der Waals surface area (Å²) in [5, 5.41) is 5.73. The average molecular weight is 423 g/mol. The molecule has 1 N–H and O–H groups in total. The van der Waals surface area contributed by atoms with Crippen molar-refractivity contribution >= 4 is 20.9 Å². The van der Waals surface area contributed by atoms with Gasteiger partial charge in [-0.3, -0.25) is 4.68 Å². The maximum Gasteiger partial charge on any atom is 0.242 e. The number of nitrogens with one attached hydrogen (secondary N) is 1. The van der Waals surface area contributed by atoms with Crippen molar-refractivity contribution in [1.82, 2.24) is 29.0 Å². The third kappa shape index (κ3) is 2.76. The molecule has 0 spiro atoms. The maximum absolute atomic E-state index is 13.7. The zero-order valence-electron chi connectivity index (χ0n) is 16.4. The van der Waals surface area contributed by atoms with Crippen LogP contribution in [-0.4, -0.2) is 64.2 Å². The fraction of sp³-hybridized carbons (Fsp3) is 0.500. The van der Waals surface area contributed by atoms with Crippen LogP contribution in [0.2, 0.25) is 0 Å². The Balaban J connectivity index is 1.32. The second-order valence-corrected chi connectivity index (χ2v) is 11.0. The number of hydrogen-bond donors (Lipinski definition) is 1. The van der Waals surface area contributed by atoms with Crippen LogP contribution in [0.25, 0.3) is 27.1 Å². The Labute approximate surface area is 174 Å². The molecule has 0 unspecified atom stereocenters. The summed E-state index contributed by atoms with van der Waals surface area (Å²) in [6.45, 7) is 8.89. The third-order valence-electron chi connectivity index (χ3n) is 6.19. The van der Waals surface area contributed by atoms with Gasteiger partial charge in [0.2, 0.25) is 6.54 Å². The van der Waals surface area contributed by atoms with Crippen LogP contribution in [0.3, 0.4) is 0 Å². The topological polar surface area (TPSA) is 96.4 Å². The third-order valence-corrected chi connectivity index (χ3v) is 9.12. The molecular weight excluding hydrogens is 400 g/mol. The minimum atomic E-state index is -2.35. The molecule has 0 radical (unpaired) electrons. The highest BCUT2D eigenvalue weighted by Gasteiger charge is 2.55. The molecule has 154 valence electrons. The van der Waals surface area contributed by atoms with Crippen LogP contribution in [0.15, 0.2) is 35.3 Å². The summed E-state index contributed by atoms with van der Waals surface area (Å²) in [4.78, 5) is 15.5. The van der Waals surface area contributed by atoms with Crippen LogP contribution in [0.5, 0.6) is 0 Å². The number of H-pyrrole nitrogens is 1. The Hall–Kier alpha value is -2.77. The van der Waals surface area contributed by atoms with Gasteiger partial charge in [0.15, 0.2) is 5.54 Å². The van der Waals surface area contributed by atoms with Crippen molar-refractivity contribution in [3.8, 4) is 11.3 Å². The highest BCUT2D eigenvalue weighted by Crippen LogP contribution is 2.42. The van der Waals surface area contributed by atoms with E-state index < -0.39 is 15.5 Å². The van der Waals surface area contributed by atoms with E-state index in [0.717, 1.165) is 48.0 Å². The van der Waals surface area contributed by atoms with Gasteiger partial charge in [-0.15, -0.1) is 0 Å². The lowest BCUT2D eigenvalue weighted by Gasteiger charge is -2.47. The first-order valence-electron chi connectivity index (χ1n) is 10.3. The zero-order valence-corrected chi connectivity index (χ0v) is 17.3. The molecule has 0 bridgehead atoms. The van der Waals surface area contributed by atoms with E-state index in [-0.39, 0.29) is 11.3 Å². The molecule has 6 rings (SSSR count). The number of nitrogens with zero attached hydrogens (tertiary/aromatic N) is 7. The summed E-state index contributed by atoms with van der Waals surface area (Å²) < 4.78 is 22.3. The Morgan fingerprint density at radius 2 is 2.13 bits per heavy atom. The Morgan fingerprint density at radius 1 is 1.30 bits per heavy atom. The van der Waals surface area contributed by atoms with Crippen LogP contribution >= 0.6 is 0 Å². The van der Waals surface area contributed by atoms with Gasteiger partial charge in [-0.2, -0.15) is 5.10 Å². The summed E-state index contributed by atoms with van der Waals surface area (Å²) in [6.07, 6.45) is 11.2. The van der Waals surface area contributed by atoms with Crippen molar-refractivity contribution in [1.29, 1.82) is 0 Å². The Morgan fingerprint density at radius 3 is 2.87 bits per heavy atom. The molecule has 2 aliphatic carbocycles. The molecule has 4 heterocycles. The van der Waals surface area contributed by atoms with Gasteiger partial charge >= 0.3 is 0 Å². The molecule has 2 saturated carbocycles. The Bertz CT molecular complexity index is 1280. The lowest BCUT2D eigenvalue weighted by molar-refractivity contribution is 0.0864. The number of aromatic amines is 1. The van der Waals surface area contributed by atoms with Crippen LogP contribution in [0, 0.1) is 6.57 Å². The summed E-state index contributed by atoms with van der Waals surface area (Å²) >= 11 is 0. The van der Waals surface area contributed by atoms with Gasteiger partial charge in [0.1, 0.15) is 21.9 Å². The monoisotopic (exact) mass is 422 g/mol. The average Bonchev–Trinajstić information content (AvgIpc) is 3.63. The highest BCUT2D eigenvalue weighted by molar-refractivity contribution is 7.92. The van der Waals surface area contributed by atoms with E-state index in [0.29, 0.717) is 19.6 Å². The maximum atomic E-state index is 13.7. The summed E-state index contributed by atoms with van der Waals surface area (Å²) in [5.74, 6) is 0. The van der Waals surface area contributed by atoms with Gasteiger partial charge in [-0.25, -0.2) is 29.4 Å². The van der Waals surface area contributed by atoms with Crippen molar-refractivity contribution in [3.05, 3.63) is 42.4 Å². The zero-order chi connectivity index (χ0) is 20.3. The van der Waals surface area contributed by atoms with Crippen LogP contribution in [0.4, 0.5) is 0 Å². The second-order valence-electron chi connectivity index (χ2n) is 8.55. The van der Waals surface area contributed by atoms with Crippen molar-refractivity contribution in [3.63, 3.8) is 0 Å². The molecule has 0 amide bonds. The molecule has 0 aromatic carbocycles. The molecule has 3 aliphatic rings. The molecule has 1 aliphatic heterocycles. The van der Waals surface area contributed by atoms with E-state index in [1.807, 2.05) is 27.4 Å². The first kappa shape index (κ1) is 18.0. The van der Waals surface area contributed by atoms with E-state index in [2.05, 4.69) is 24.9 Å². The van der Waals surface area contributed by atoms with Gasteiger partial charge in [0.25, 0.3) is 0 Å². The van der Waals surface area contributed by atoms with E-state index in [1.165, 1.54) is 6.33 Å². The van der Waals surface area contributed by atoms with E-state index >= 15 is 0 Å². The molecule has 3 fully saturated rings. The summed E-state index contributed by atoms with van der Waals surface area (Å²) in [5.41, 5.74) is 2.01. The normalized spacial score (nSPS) is 22.9. The summed E-state index contributed by atoms with van der Waals surface area (Å²) in [7, 11) is -2.35. The largest absolute Gasteiger partial charge is 0.346 e. The summed E-state index contributed by atoms with van der Waals surface area (Å²) in [6, 6.07) is 2.22. The lowest BCUT2D eigenvalue weighted by Crippen LogP contribution is -2.66. The van der Waals surface area contributed by atoms with Gasteiger partial charge in [0, 0.05) is 36.4 Å². The van der Waals surface area contributed by atoms with Crippen LogP contribution < -0.4 is 0 Å². The fourth-order valence-corrected chi connectivity index (χ4v) is 7.16. The van der Waals surface area contributed by atoms with Crippen molar-refractivity contribution in [2.45, 2.75) is 42.5 Å². The van der Waals surface area contributed by atoms with E-state index in [9.17, 15) is 4.21 Å². The van der Waals surface area contributed by atoms with Crippen LogP contribution in [-0.2, 0) is 15.5 Å². The van der Waals surface area contributed by atoms with E-state index in [1.54, 1.807) is 6.20 Å². The number of hydrogen-bond acceptors (Lipinski definition) is 5. The lowest BCUT2D eigenvalue weighted by atomic mass is 9.92. The number of fused-ring (bicyclic) bond motifs is 1. The van der Waals surface area contributed by atoms with Crippen molar-refractivity contribution in [2.75, 3.05) is 19.6 Å². The van der Waals surface area contributed by atoms with Gasteiger partial charge in [-0.1, -0.05) is 0 Å². The molecule has 3 aromatic heterocycles. The number of rotatable bonds is 6. The first-order valence-corrected chi connectivity index (χ1v) is 11.8. The SMILES string of the molecule is [C-]#[N+]CC1(n2cc(-c3ncnc4[nH]ccc34)cn2)CN([S@@](=O)(=NC2CC2)C2CC2)C1. The second kappa shape index (κ2) is 6.36. The molecule has 1 saturated heterocycles. The van der Waals surface area contributed by atoms with Crippen LogP contribution in [0.1, 0.15) is 25.7 Å². The fourth-order valence-electron chi connectivity index (χ4n) is 4.20. The predicted molar refractivity (Wildman–Crippen MR) is 113 cm³/mol. The standard InChI is InChI=1S/C20H22N8OS/c1-21-10-20(11-27(12-20)30(29,16-4-5-16)26-15-2-3-15)28-9-14(8-25-28)18-17-6-7-22-19(17)24-13-23-18/h6-9,13,15-16H,2-5,10-12H2,(H,22,23,24)/t30-/m0/s1. The van der Waals surface area contributed by atoms with E-state index in [4.69, 9.17) is 10.9 Å². The molecule has 3 aromatic rings. The van der Waals surface area contributed by atoms with Gasteiger partial charge in [-0.05, 0) is 31.7 Å². The van der Waals surface area contributed by atoms with Gasteiger partial charge < -0.3 is 9.83 Å². The minimum absolute atomic E-state index is 0.195. The molecular formula is C20H22N8OS. The molecule has 10 heteroatoms. The molecule has 9 nitrogen and oxygen atoms in total. The van der Waals surface area contributed by atoms with Crippen molar-refractivity contribution in [2.24, 2.45) is 4.36 Å². The molecule has 30 heavy (non-hydrogen) atoms. The van der Waals surface area contributed by atoms with Crippen molar-refractivity contribution < 1.29 is 4.21 Å². The first-order chi connectivity index (χ1) is 14.6.